The van der Waals surface area contributed by atoms with E-state index < -0.39 is 17.9 Å². The molecule has 2 saturated carbocycles. The SMILES string of the molecule is CC1(C)[C@H](Oc2ccc(C#N)c(Cl)c2)C(C)(C)[C@H]1N1Cc2cc(C#CC3CN(C4CN(c5ccc6c(c5)C(=O)N(C5CCC(=O)CCCC5=O)C6=O)C4)C3)ncc2C1=O. The molecule has 4 aliphatic heterocycles. The third kappa shape index (κ3) is 6.48. The molecule has 0 spiro atoms. The number of hydrogen-bond acceptors (Lipinski definition) is 10. The van der Waals surface area contributed by atoms with Crippen molar-refractivity contribution in [2.75, 3.05) is 31.1 Å². The maximum atomic E-state index is 13.8. The average Bonchev–Trinajstić information content (AvgIpc) is 3.60. The number of rotatable bonds is 6. The maximum absolute atomic E-state index is 13.8. The van der Waals surface area contributed by atoms with E-state index in [1.165, 1.54) is 0 Å². The van der Waals surface area contributed by atoms with Crippen LogP contribution in [-0.4, -0.2) is 99.4 Å². The number of Topliss-reactive ketones (excluding diaryl/α,β-unsaturated/α-hetero) is 2. The predicted octanol–water partition coefficient (Wildman–Crippen LogP) is 5.68. The minimum atomic E-state index is -0.893. The number of imide groups is 1. The number of amides is 3. The summed E-state index contributed by atoms with van der Waals surface area (Å²) in [5.74, 6) is 6.40. The third-order valence-electron chi connectivity index (χ3n) is 13.4. The Labute approximate surface area is 348 Å². The van der Waals surface area contributed by atoms with Crippen LogP contribution in [0.3, 0.4) is 0 Å². The number of ether oxygens (including phenoxy) is 1. The van der Waals surface area contributed by atoms with E-state index in [1.54, 1.807) is 36.5 Å². The van der Waals surface area contributed by atoms with Gasteiger partial charge in [0.25, 0.3) is 17.7 Å². The molecule has 0 bridgehead atoms. The van der Waals surface area contributed by atoms with E-state index in [-0.39, 0.29) is 65.6 Å². The quantitative estimate of drug-likeness (QED) is 0.225. The van der Waals surface area contributed by atoms with Gasteiger partial charge in [-0.1, -0.05) is 45.2 Å². The first kappa shape index (κ1) is 38.9. The Kier molecular flexibility index (Phi) is 9.45. The Morgan fingerprint density at radius 1 is 0.847 bits per heavy atom. The Morgan fingerprint density at radius 3 is 2.32 bits per heavy atom. The average molecular weight is 813 g/mol. The molecule has 4 fully saturated rings. The first-order chi connectivity index (χ1) is 28.1. The lowest BCUT2D eigenvalue weighted by Crippen LogP contribution is -2.74. The first-order valence-corrected chi connectivity index (χ1v) is 20.8. The lowest BCUT2D eigenvalue weighted by molar-refractivity contribution is -0.199. The minimum Gasteiger partial charge on any atom is -0.489 e. The lowest BCUT2D eigenvalue weighted by Gasteiger charge is -2.65. The monoisotopic (exact) mass is 812 g/mol. The molecule has 6 aliphatic rings. The molecule has 0 radical (unpaired) electrons. The molecule has 0 N–H and O–H groups in total. The molecular formula is C46H45ClN6O6. The van der Waals surface area contributed by atoms with Gasteiger partial charge in [0, 0.05) is 98.8 Å². The second kappa shape index (κ2) is 14.3. The van der Waals surface area contributed by atoms with Gasteiger partial charge in [-0.2, -0.15) is 5.26 Å². The van der Waals surface area contributed by atoms with Crippen molar-refractivity contribution < 1.29 is 28.7 Å². The van der Waals surface area contributed by atoms with Gasteiger partial charge < -0.3 is 14.5 Å². The summed E-state index contributed by atoms with van der Waals surface area (Å²) in [5, 5.41) is 9.60. The Bertz CT molecular complexity index is 2430. The predicted molar refractivity (Wildman–Crippen MR) is 218 cm³/mol. The smallest absolute Gasteiger partial charge is 0.262 e. The Balaban J connectivity index is 0.781. The van der Waals surface area contributed by atoms with E-state index in [4.69, 9.17) is 16.3 Å². The van der Waals surface area contributed by atoms with Gasteiger partial charge in [0.15, 0.2) is 5.78 Å². The zero-order valence-electron chi connectivity index (χ0n) is 33.6. The van der Waals surface area contributed by atoms with Crippen LogP contribution in [0.5, 0.6) is 5.75 Å². The van der Waals surface area contributed by atoms with E-state index in [1.807, 2.05) is 17.0 Å². The largest absolute Gasteiger partial charge is 0.489 e. The van der Waals surface area contributed by atoms with E-state index >= 15 is 0 Å². The zero-order chi connectivity index (χ0) is 41.5. The molecule has 1 unspecified atom stereocenters. The molecule has 1 aromatic heterocycles. The second-order valence-corrected chi connectivity index (χ2v) is 18.5. The number of benzene rings is 2. The van der Waals surface area contributed by atoms with Crippen molar-refractivity contribution >= 4 is 46.6 Å². The van der Waals surface area contributed by atoms with Gasteiger partial charge in [0.05, 0.1) is 33.3 Å². The van der Waals surface area contributed by atoms with Crippen molar-refractivity contribution in [2.24, 2.45) is 16.7 Å². The van der Waals surface area contributed by atoms with Crippen molar-refractivity contribution in [1.82, 2.24) is 19.7 Å². The van der Waals surface area contributed by atoms with E-state index in [0.717, 1.165) is 42.3 Å². The van der Waals surface area contributed by atoms with E-state index in [2.05, 4.69) is 60.4 Å². The van der Waals surface area contributed by atoms with Gasteiger partial charge in [-0.25, -0.2) is 4.98 Å². The molecule has 302 valence electrons. The summed E-state index contributed by atoms with van der Waals surface area (Å²) in [6.45, 7) is 12.2. The van der Waals surface area contributed by atoms with E-state index in [9.17, 15) is 29.2 Å². The molecule has 12 nitrogen and oxygen atoms in total. The third-order valence-corrected chi connectivity index (χ3v) is 13.7. The highest BCUT2D eigenvalue weighted by molar-refractivity contribution is 6.31. The zero-order valence-corrected chi connectivity index (χ0v) is 34.3. The van der Waals surface area contributed by atoms with Crippen molar-refractivity contribution in [2.45, 2.75) is 90.6 Å². The lowest BCUT2D eigenvalue weighted by atomic mass is 9.49. The second-order valence-electron chi connectivity index (χ2n) is 18.1. The molecule has 9 rings (SSSR count). The van der Waals surface area contributed by atoms with Crippen LogP contribution in [0.25, 0.3) is 0 Å². The summed E-state index contributed by atoms with van der Waals surface area (Å²) in [6.07, 6.45) is 2.84. The molecule has 5 heterocycles. The summed E-state index contributed by atoms with van der Waals surface area (Å²) in [4.78, 5) is 77.7. The molecule has 59 heavy (non-hydrogen) atoms. The summed E-state index contributed by atoms with van der Waals surface area (Å²) in [7, 11) is 0. The highest BCUT2D eigenvalue weighted by Crippen LogP contribution is 2.59. The number of carbonyl (C=O) groups excluding carboxylic acids is 5. The van der Waals surface area contributed by atoms with Crippen LogP contribution in [0.1, 0.15) is 108 Å². The van der Waals surface area contributed by atoms with Crippen LogP contribution in [0.15, 0.2) is 48.7 Å². The molecule has 2 aromatic carbocycles. The van der Waals surface area contributed by atoms with Crippen molar-refractivity contribution in [3.63, 3.8) is 0 Å². The number of likely N-dealkylation sites (tertiary alicyclic amines) is 1. The van der Waals surface area contributed by atoms with Crippen LogP contribution in [0.2, 0.25) is 5.02 Å². The summed E-state index contributed by atoms with van der Waals surface area (Å²) < 4.78 is 6.46. The molecule has 2 saturated heterocycles. The van der Waals surface area contributed by atoms with Crippen LogP contribution in [0, 0.1) is 39.9 Å². The number of fused-ring (bicyclic) bond motifs is 2. The number of pyridine rings is 1. The fraction of sp³-hybridized carbons (Fsp3) is 0.457. The highest BCUT2D eigenvalue weighted by atomic mass is 35.5. The highest BCUT2D eigenvalue weighted by Gasteiger charge is 2.67. The van der Waals surface area contributed by atoms with Crippen LogP contribution >= 0.6 is 11.6 Å². The summed E-state index contributed by atoms with van der Waals surface area (Å²) in [5.41, 5.74) is 3.32. The number of ketones is 2. The standard InChI is InChI=1S/C46H45ClN6O6/c1-45(2)43(46(3,4)44(45)59-33-13-9-27(19-48)37(47)18-33)52-23-28-16-29(49-20-36(28)40(52)56)10-8-26-21-50(22-26)31-24-51(25-31)30-11-14-34-35(17-30)42(58)53(41(34)57)38-15-12-32(54)6-5-7-39(38)55/h9,11,13-14,16-18,20,26,31,38,43-44H,5-7,12,15,21-25H2,1-4H3/t38?,43-,44-. The molecule has 3 amide bonds. The number of hydrogen-bond donors (Lipinski definition) is 0. The Morgan fingerprint density at radius 2 is 1.59 bits per heavy atom. The fourth-order valence-corrected chi connectivity index (χ4v) is 10.9. The van der Waals surface area contributed by atoms with Crippen molar-refractivity contribution in [3.05, 3.63) is 87.2 Å². The van der Waals surface area contributed by atoms with E-state index in [0.29, 0.717) is 64.1 Å². The van der Waals surface area contributed by atoms with Crippen LogP contribution in [0.4, 0.5) is 5.69 Å². The van der Waals surface area contributed by atoms with Crippen molar-refractivity contribution in [1.29, 1.82) is 5.26 Å². The molecule has 2 aliphatic carbocycles. The van der Waals surface area contributed by atoms with Gasteiger partial charge >= 0.3 is 0 Å². The molecule has 13 heteroatoms. The van der Waals surface area contributed by atoms with Crippen LogP contribution < -0.4 is 9.64 Å². The van der Waals surface area contributed by atoms with Gasteiger partial charge in [-0.05, 0) is 60.7 Å². The topological polar surface area (TPSA) is 144 Å². The number of anilines is 1. The van der Waals surface area contributed by atoms with Gasteiger partial charge in [0.1, 0.15) is 29.4 Å². The number of carbonyl (C=O) groups is 5. The molecule has 1 atom stereocenters. The maximum Gasteiger partial charge on any atom is 0.262 e. The summed E-state index contributed by atoms with van der Waals surface area (Å²) in [6, 6.07) is 13.8. The first-order valence-electron chi connectivity index (χ1n) is 20.4. The summed E-state index contributed by atoms with van der Waals surface area (Å²) >= 11 is 6.28. The number of nitriles is 1. The number of aromatic nitrogens is 1. The van der Waals surface area contributed by atoms with Crippen molar-refractivity contribution in [3.8, 4) is 23.7 Å². The fourth-order valence-electron chi connectivity index (χ4n) is 10.7. The Hall–Kier alpha value is -5.56. The minimum absolute atomic E-state index is 0.0375. The number of nitrogens with zero attached hydrogens (tertiary/aromatic N) is 6. The van der Waals surface area contributed by atoms with Gasteiger partial charge in [-0.3, -0.25) is 33.8 Å². The van der Waals surface area contributed by atoms with Gasteiger partial charge in [-0.15, -0.1) is 0 Å². The van der Waals surface area contributed by atoms with Gasteiger partial charge in [0.2, 0.25) is 0 Å². The molecule has 3 aromatic rings. The van der Waals surface area contributed by atoms with Crippen LogP contribution in [-0.2, 0) is 16.1 Å². The number of halogens is 1. The molecular weight excluding hydrogens is 768 g/mol. The normalized spacial score (nSPS) is 25.2.